The number of phenolic OH excluding ortho intramolecular Hbond substituents is 1. The van der Waals surface area contributed by atoms with Gasteiger partial charge in [0.1, 0.15) is 17.4 Å². The van der Waals surface area contributed by atoms with Gasteiger partial charge in [0.15, 0.2) is 11.4 Å². The van der Waals surface area contributed by atoms with Gasteiger partial charge in [0.2, 0.25) is 11.7 Å². The van der Waals surface area contributed by atoms with Crippen molar-refractivity contribution in [1.82, 2.24) is 5.32 Å². The van der Waals surface area contributed by atoms with Crippen molar-refractivity contribution in [3.05, 3.63) is 34.9 Å². The quantitative estimate of drug-likeness (QED) is 0.227. The van der Waals surface area contributed by atoms with E-state index < -0.39 is 81.8 Å². The van der Waals surface area contributed by atoms with Gasteiger partial charge in [0.05, 0.1) is 34.9 Å². The maximum Gasteiger partial charge on any atom is 0.230 e. The van der Waals surface area contributed by atoms with Gasteiger partial charge >= 0.3 is 0 Å². The number of hydrogen-bond acceptors (Lipinski definition) is 10. The topological polar surface area (TPSA) is 211 Å². The molecule has 3 aliphatic rings. The molecule has 0 radical (unpaired) electrons. The molecule has 0 aromatic heterocycles. The van der Waals surface area contributed by atoms with E-state index in [4.69, 9.17) is 5.73 Å². The first-order valence-corrected chi connectivity index (χ1v) is 10.5. The van der Waals surface area contributed by atoms with Crippen LogP contribution in [0.2, 0.25) is 0 Å². The lowest BCUT2D eigenvalue weighted by Gasteiger charge is -2.56. The number of hydrogen-bond donors (Lipinski definition) is 8. The Morgan fingerprint density at radius 1 is 1.15 bits per heavy atom. The summed E-state index contributed by atoms with van der Waals surface area (Å²) >= 11 is 0. The third kappa shape index (κ3) is 2.77. The molecular weight excluding hydrogens is 436 g/mol. The number of amides is 1. The van der Waals surface area contributed by atoms with Crippen LogP contribution >= 0.6 is 0 Å². The Kier molecular flexibility index (Phi) is 5.19. The van der Waals surface area contributed by atoms with Crippen molar-refractivity contribution < 1.29 is 45.0 Å². The second-order valence-corrected chi connectivity index (χ2v) is 9.02. The minimum Gasteiger partial charge on any atom is -0.507 e. The highest BCUT2D eigenvalue weighted by Crippen LogP contribution is 2.56. The Labute approximate surface area is 188 Å². The highest BCUT2D eigenvalue weighted by molar-refractivity contribution is 6.25. The first kappa shape index (κ1) is 23.3. The van der Waals surface area contributed by atoms with E-state index in [1.54, 1.807) is 6.92 Å². The van der Waals surface area contributed by atoms with Crippen LogP contribution in [0.1, 0.15) is 25.0 Å². The number of fused-ring (bicyclic) bond motifs is 3. The molecular formula is C22H26N2O9. The van der Waals surface area contributed by atoms with Gasteiger partial charge in [-0.1, -0.05) is 19.1 Å². The Morgan fingerprint density at radius 2 is 1.79 bits per heavy atom. The van der Waals surface area contributed by atoms with E-state index in [1.807, 2.05) is 0 Å². The molecule has 0 spiro atoms. The zero-order valence-corrected chi connectivity index (χ0v) is 17.9. The Balaban J connectivity index is 2.02. The van der Waals surface area contributed by atoms with Crippen LogP contribution in [0.4, 0.5) is 0 Å². The van der Waals surface area contributed by atoms with Crippen LogP contribution in [0, 0.1) is 17.8 Å². The second-order valence-electron chi connectivity index (χ2n) is 9.02. The Morgan fingerprint density at radius 3 is 2.36 bits per heavy atom. The summed E-state index contributed by atoms with van der Waals surface area (Å²) in [5.74, 6) is -10.5. The van der Waals surface area contributed by atoms with Crippen molar-refractivity contribution >= 4 is 23.2 Å². The van der Waals surface area contributed by atoms with E-state index >= 15 is 0 Å². The predicted octanol–water partition coefficient (Wildman–Crippen LogP) is -2.19. The summed E-state index contributed by atoms with van der Waals surface area (Å²) in [5.41, 5.74) is -0.713. The van der Waals surface area contributed by atoms with E-state index in [2.05, 4.69) is 5.32 Å². The van der Waals surface area contributed by atoms with Crippen molar-refractivity contribution in [2.24, 2.45) is 23.5 Å². The molecule has 1 aromatic rings. The minimum absolute atomic E-state index is 0.0173. The monoisotopic (exact) mass is 462 g/mol. The molecule has 9 N–H and O–H groups in total. The number of carbonyl (C=O) groups is 3. The zero-order valence-electron chi connectivity index (χ0n) is 17.9. The van der Waals surface area contributed by atoms with E-state index in [0.29, 0.717) is 0 Å². The predicted molar refractivity (Wildman–Crippen MR) is 111 cm³/mol. The maximum absolute atomic E-state index is 13.7. The van der Waals surface area contributed by atoms with Crippen LogP contribution in [0.25, 0.3) is 5.76 Å². The van der Waals surface area contributed by atoms with Crippen LogP contribution in [-0.4, -0.2) is 78.5 Å². The number of phenols is 1. The lowest BCUT2D eigenvalue weighted by Crippen LogP contribution is -2.77. The van der Waals surface area contributed by atoms with E-state index in [0.717, 1.165) is 0 Å². The summed E-state index contributed by atoms with van der Waals surface area (Å²) in [6.45, 7) is 3.06. The molecule has 3 aliphatic carbocycles. The van der Waals surface area contributed by atoms with Crippen molar-refractivity contribution in [2.45, 2.75) is 43.3 Å². The van der Waals surface area contributed by atoms with Crippen molar-refractivity contribution in [3.63, 3.8) is 0 Å². The van der Waals surface area contributed by atoms with E-state index in [1.165, 1.54) is 25.1 Å². The molecule has 178 valence electrons. The van der Waals surface area contributed by atoms with Crippen LogP contribution in [0.3, 0.4) is 0 Å². The van der Waals surface area contributed by atoms with E-state index in [9.17, 15) is 45.0 Å². The fraction of sp³-hybridized carbons (Fsp3) is 0.500. The first-order chi connectivity index (χ1) is 15.3. The number of benzene rings is 1. The third-order valence-corrected chi connectivity index (χ3v) is 7.28. The van der Waals surface area contributed by atoms with Gasteiger partial charge in [-0.3, -0.25) is 14.4 Å². The molecule has 1 aromatic carbocycles. The van der Waals surface area contributed by atoms with Crippen molar-refractivity contribution in [1.29, 1.82) is 0 Å². The number of Topliss-reactive ketones (excluding diaryl/α,β-unsaturated/α-hetero) is 2. The van der Waals surface area contributed by atoms with Crippen molar-refractivity contribution in [2.75, 3.05) is 6.54 Å². The van der Waals surface area contributed by atoms with Crippen LogP contribution in [-0.2, 0) is 20.0 Å². The number of aliphatic hydroxyl groups is 5. The summed E-state index contributed by atoms with van der Waals surface area (Å²) in [6.07, 6.45) is -3.61. The van der Waals surface area contributed by atoms with Gasteiger partial charge in [0, 0.05) is 12.0 Å². The summed E-state index contributed by atoms with van der Waals surface area (Å²) in [5, 5.41) is 69.1. The third-order valence-electron chi connectivity index (χ3n) is 7.28. The molecule has 0 aliphatic heterocycles. The number of ketones is 2. The molecule has 33 heavy (non-hydrogen) atoms. The summed E-state index contributed by atoms with van der Waals surface area (Å²) in [4.78, 5) is 38.9. The molecule has 0 saturated heterocycles. The molecule has 8 unspecified atom stereocenters. The molecule has 4 rings (SSSR count). The minimum atomic E-state index is -3.04. The van der Waals surface area contributed by atoms with Gasteiger partial charge in [-0.2, -0.15) is 0 Å². The zero-order chi connectivity index (χ0) is 24.6. The number of carbonyl (C=O) groups excluding carboxylic acids is 3. The molecule has 11 nitrogen and oxygen atoms in total. The van der Waals surface area contributed by atoms with Gasteiger partial charge in [-0.05, 0) is 25.1 Å². The highest BCUT2D eigenvalue weighted by atomic mass is 16.3. The normalized spacial score (nSPS) is 40.2. The number of rotatable bonds is 3. The molecule has 2 saturated carbocycles. The molecule has 1 amide bonds. The van der Waals surface area contributed by atoms with Gasteiger partial charge in [-0.25, -0.2) is 0 Å². The molecule has 8 atom stereocenters. The maximum atomic E-state index is 13.7. The van der Waals surface area contributed by atoms with Gasteiger partial charge < -0.3 is 41.7 Å². The van der Waals surface area contributed by atoms with Gasteiger partial charge in [-0.15, -0.1) is 0 Å². The number of likely N-dealkylation sites (N-methyl/N-ethyl adjacent to an activating group) is 1. The van der Waals surface area contributed by atoms with Crippen LogP contribution in [0.5, 0.6) is 5.75 Å². The lowest BCUT2D eigenvalue weighted by molar-refractivity contribution is -0.200. The summed E-state index contributed by atoms with van der Waals surface area (Å²) < 4.78 is 0. The SMILES string of the molecule is CCNC1C(O)C(C(N)=O)C(=O)C2(O)C(=O)C3=C(O)c4c(O)cccc4C(C)(O)C3C(O)C12. The van der Waals surface area contributed by atoms with E-state index in [-0.39, 0.29) is 17.7 Å². The van der Waals surface area contributed by atoms with Crippen molar-refractivity contribution in [3.8, 4) is 5.75 Å². The lowest BCUT2D eigenvalue weighted by atomic mass is 9.51. The number of nitrogens with two attached hydrogens (primary N) is 1. The average molecular weight is 462 g/mol. The fourth-order valence-electron chi connectivity index (χ4n) is 5.85. The first-order valence-electron chi connectivity index (χ1n) is 10.5. The van der Waals surface area contributed by atoms with Crippen LogP contribution < -0.4 is 11.1 Å². The summed E-state index contributed by atoms with van der Waals surface area (Å²) in [6, 6.07) is 2.67. The number of primary amides is 1. The molecule has 0 heterocycles. The average Bonchev–Trinajstić information content (AvgIpc) is 2.72. The molecule has 0 bridgehead atoms. The summed E-state index contributed by atoms with van der Waals surface area (Å²) in [7, 11) is 0. The fourth-order valence-corrected chi connectivity index (χ4v) is 5.85. The van der Waals surface area contributed by atoms with Gasteiger partial charge in [0.25, 0.3) is 0 Å². The number of aliphatic hydroxyl groups excluding tert-OH is 3. The Hall–Kier alpha value is -2.83. The number of nitrogens with one attached hydrogen (secondary N) is 1. The highest BCUT2D eigenvalue weighted by Gasteiger charge is 2.72. The van der Waals surface area contributed by atoms with Crippen LogP contribution in [0.15, 0.2) is 23.8 Å². The Bertz CT molecular complexity index is 1100. The standard InChI is InChI=1S/C22H26N2O9/c1-3-24-14-13-17(28)12-10(15(26)9-7(21(12,2)32)5-4-6-8(9)25)18(29)22(13,33)19(30)11(16(14)27)20(23)31/h4-6,11-14,16-17,24-28,32-33H,3H2,1-2H3,(H2,23,31). The molecule has 11 heteroatoms. The smallest absolute Gasteiger partial charge is 0.230 e. The number of aromatic hydroxyl groups is 1. The molecule has 2 fully saturated rings. The largest absolute Gasteiger partial charge is 0.507 e. The second kappa shape index (κ2) is 7.34.